The smallest absolute Gasteiger partial charge is 0.248 e. The number of anilines is 1. The zero-order valence-corrected chi connectivity index (χ0v) is 13.1. The molecule has 0 unspecified atom stereocenters. The van der Waals surface area contributed by atoms with E-state index in [4.69, 9.17) is 0 Å². The third-order valence-corrected chi connectivity index (χ3v) is 4.65. The molecule has 0 bridgehead atoms. The fourth-order valence-corrected chi connectivity index (χ4v) is 3.29. The lowest BCUT2D eigenvalue weighted by molar-refractivity contribution is -0.121. The van der Waals surface area contributed by atoms with E-state index >= 15 is 0 Å². The number of rotatable bonds is 3. The normalized spacial score (nSPS) is 18.0. The molecule has 0 saturated carbocycles. The summed E-state index contributed by atoms with van der Waals surface area (Å²) in [6.45, 7) is 0. The van der Waals surface area contributed by atoms with Crippen LogP contribution in [0.15, 0.2) is 40.8 Å². The van der Waals surface area contributed by atoms with Crippen LogP contribution >= 0.6 is 11.3 Å². The lowest BCUT2D eigenvalue weighted by atomic mass is 9.90. The van der Waals surface area contributed by atoms with Crippen LogP contribution in [0.1, 0.15) is 18.4 Å². The second kappa shape index (κ2) is 6.27. The summed E-state index contributed by atoms with van der Waals surface area (Å²) in [5.41, 5.74) is 2.01. The van der Waals surface area contributed by atoms with Gasteiger partial charge in [0.05, 0.1) is 0 Å². The van der Waals surface area contributed by atoms with Crippen LogP contribution in [0.4, 0.5) is 5.69 Å². The third-order valence-electron chi connectivity index (χ3n) is 3.80. The Labute approximate surface area is 132 Å². The number of thiazole rings is 1. The zero-order valence-electron chi connectivity index (χ0n) is 12.3. The number of nitrogens with one attached hydrogen (secondary N) is 1. The van der Waals surface area contributed by atoms with Gasteiger partial charge in [0.25, 0.3) is 0 Å². The summed E-state index contributed by atoms with van der Waals surface area (Å²) >= 11 is 1.43. The number of benzene rings is 1. The van der Waals surface area contributed by atoms with Gasteiger partial charge in [0.1, 0.15) is 0 Å². The number of hydrogen-bond acceptors (Lipinski definition) is 3. The highest BCUT2D eigenvalue weighted by atomic mass is 32.1. The Morgan fingerprint density at radius 2 is 2.27 bits per heavy atom. The molecule has 1 aromatic carbocycles. The Balaban J connectivity index is 1.64. The van der Waals surface area contributed by atoms with Crippen LogP contribution in [0.5, 0.6) is 0 Å². The molecule has 1 aliphatic rings. The molecule has 1 aromatic heterocycles. The number of para-hydroxylation sites is 1. The standard InChI is InChI=1S/C16H17N3O2S/c1-19-8-9-22-16(19)18-14(20)7-6-12-10-11-4-2-3-5-13(11)17-15(12)21/h2-5,8-9,12H,6-7,10H2,1H3,(H,17,21)/t12-/m1/s1. The zero-order chi connectivity index (χ0) is 15.5. The predicted octanol–water partition coefficient (Wildman–Crippen LogP) is 2.11. The van der Waals surface area contributed by atoms with Gasteiger partial charge in [-0.2, -0.15) is 4.99 Å². The molecule has 22 heavy (non-hydrogen) atoms. The van der Waals surface area contributed by atoms with Crippen molar-refractivity contribution < 1.29 is 9.59 Å². The van der Waals surface area contributed by atoms with E-state index in [9.17, 15) is 9.59 Å². The average Bonchev–Trinajstić information content (AvgIpc) is 2.90. The van der Waals surface area contributed by atoms with Gasteiger partial charge in [0, 0.05) is 36.7 Å². The van der Waals surface area contributed by atoms with Gasteiger partial charge in [0.2, 0.25) is 11.8 Å². The Morgan fingerprint density at radius 3 is 3.05 bits per heavy atom. The van der Waals surface area contributed by atoms with E-state index in [1.54, 1.807) is 0 Å². The van der Waals surface area contributed by atoms with Gasteiger partial charge in [-0.3, -0.25) is 9.59 Å². The van der Waals surface area contributed by atoms with Crippen molar-refractivity contribution in [1.82, 2.24) is 4.57 Å². The summed E-state index contributed by atoms with van der Waals surface area (Å²) < 4.78 is 1.81. The number of fused-ring (bicyclic) bond motifs is 1. The first kappa shape index (κ1) is 14.7. The lowest BCUT2D eigenvalue weighted by Gasteiger charge is -2.24. The van der Waals surface area contributed by atoms with Crippen LogP contribution < -0.4 is 10.1 Å². The van der Waals surface area contributed by atoms with E-state index in [-0.39, 0.29) is 24.2 Å². The first-order valence-electron chi connectivity index (χ1n) is 7.20. The van der Waals surface area contributed by atoms with Crippen LogP contribution in [0.2, 0.25) is 0 Å². The summed E-state index contributed by atoms with van der Waals surface area (Å²) in [6.07, 6.45) is 3.36. The minimum absolute atomic E-state index is 0.00632. The van der Waals surface area contributed by atoms with Gasteiger partial charge in [-0.25, -0.2) is 0 Å². The molecular formula is C16H17N3O2S. The molecule has 114 valence electrons. The van der Waals surface area contributed by atoms with Crippen LogP contribution in [0.25, 0.3) is 0 Å². The minimum Gasteiger partial charge on any atom is -0.327 e. The summed E-state index contributed by atoms with van der Waals surface area (Å²) in [7, 11) is 1.86. The van der Waals surface area contributed by atoms with Crippen LogP contribution in [-0.4, -0.2) is 16.4 Å². The number of carbonyl (C=O) groups excluding carboxylic acids is 2. The Kier molecular flexibility index (Phi) is 4.20. The number of hydrogen-bond donors (Lipinski definition) is 1. The van der Waals surface area contributed by atoms with Gasteiger partial charge >= 0.3 is 0 Å². The molecule has 5 nitrogen and oxygen atoms in total. The summed E-state index contributed by atoms with van der Waals surface area (Å²) in [6, 6.07) is 7.79. The van der Waals surface area contributed by atoms with E-state index < -0.39 is 0 Å². The molecule has 0 radical (unpaired) electrons. The maximum Gasteiger partial charge on any atom is 0.248 e. The van der Waals surface area contributed by atoms with Gasteiger partial charge < -0.3 is 9.88 Å². The number of carbonyl (C=O) groups is 2. The Morgan fingerprint density at radius 1 is 1.45 bits per heavy atom. The van der Waals surface area contributed by atoms with Crippen molar-refractivity contribution in [2.24, 2.45) is 18.0 Å². The van der Waals surface area contributed by atoms with E-state index in [1.807, 2.05) is 47.5 Å². The van der Waals surface area contributed by atoms with Crippen LogP contribution in [0.3, 0.4) is 0 Å². The third kappa shape index (κ3) is 3.17. The summed E-state index contributed by atoms with van der Waals surface area (Å²) in [4.78, 5) is 28.8. The highest BCUT2D eigenvalue weighted by Gasteiger charge is 2.26. The van der Waals surface area contributed by atoms with E-state index in [2.05, 4.69) is 10.3 Å². The van der Waals surface area contributed by atoms with Crippen molar-refractivity contribution in [3.8, 4) is 0 Å². The van der Waals surface area contributed by atoms with Crippen molar-refractivity contribution >= 4 is 28.8 Å². The molecule has 2 heterocycles. The molecule has 0 aliphatic carbocycles. The SMILES string of the molecule is Cn1ccsc1=NC(=O)CC[C@@H]1Cc2ccccc2NC1=O. The predicted molar refractivity (Wildman–Crippen MR) is 85.4 cm³/mol. The largest absolute Gasteiger partial charge is 0.327 e. The monoisotopic (exact) mass is 315 g/mol. The lowest BCUT2D eigenvalue weighted by Crippen LogP contribution is -2.30. The van der Waals surface area contributed by atoms with Crippen molar-refractivity contribution in [1.29, 1.82) is 0 Å². The minimum atomic E-state index is -0.176. The average molecular weight is 315 g/mol. The van der Waals surface area contributed by atoms with E-state index in [1.165, 1.54) is 11.3 Å². The molecule has 6 heteroatoms. The van der Waals surface area contributed by atoms with Gasteiger partial charge in [-0.15, -0.1) is 11.3 Å². The second-order valence-corrected chi connectivity index (χ2v) is 6.26. The van der Waals surface area contributed by atoms with Crippen molar-refractivity contribution in [3.05, 3.63) is 46.2 Å². The number of nitrogens with zero attached hydrogens (tertiary/aromatic N) is 2. The second-order valence-electron chi connectivity index (χ2n) is 5.39. The molecule has 0 fully saturated rings. The van der Waals surface area contributed by atoms with Crippen molar-refractivity contribution in [2.75, 3.05) is 5.32 Å². The highest BCUT2D eigenvalue weighted by molar-refractivity contribution is 7.07. The number of amides is 2. The quantitative estimate of drug-likeness (QED) is 0.943. The van der Waals surface area contributed by atoms with Crippen LogP contribution in [0, 0.1) is 5.92 Å². The number of aromatic nitrogens is 1. The molecule has 3 rings (SSSR count). The first-order chi connectivity index (χ1) is 10.6. The number of aryl methyl sites for hydroxylation is 1. The fourth-order valence-electron chi connectivity index (χ4n) is 2.54. The van der Waals surface area contributed by atoms with Crippen LogP contribution in [-0.2, 0) is 23.1 Å². The Hall–Kier alpha value is -2.21. The summed E-state index contributed by atoms with van der Waals surface area (Å²) in [5.74, 6) is -0.343. The Bertz CT molecular complexity index is 775. The molecule has 2 amide bonds. The molecule has 2 aromatic rings. The molecule has 0 spiro atoms. The molecule has 0 saturated heterocycles. The van der Waals surface area contributed by atoms with Crippen molar-refractivity contribution in [2.45, 2.75) is 19.3 Å². The fraction of sp³-hybridized carbons (Fsp3) is 0.312. The maximum absolute atomic E-state index is 12.1. The van der Waals surface area contributed by atoms with E-state index in [0.29, 0.717) is 17.6 Å². The van der Waals surface area contributed by atoms with Gasteiger partial charge in [-0.05, 0) is 24.5 Å². The summed E-state index contributed by atoms with van der Waals surface area (Å²) in [5, 5.41) is 4.79. The van der Waals surface area contributed by atoms with Gasteiger partial charge in [0.15, 0.2) is 4.80 Å². The van der Waals surface area contributed by atoms with Gasteiger partial charge in [-0.1, -0.05) is 18.2 Å². The first-order valence-corrected chi connectivity index (χ1v) is 8.08. The maximum atomic E-state index is 12.1. The molecular weight excluding hydrogens is 298 g/mol. The topological polar surface area (TPSA) is 63.5 Å². The highest BCUT2D eigenvalue weighted by Crippen LogP contribution is 2.27. The molecule has 1 aliphatic heterocycles. The van der Waals surface area contributed by atoms with E-state index in [0.717, 1.165) is 11.3 Å². The molecule has 1 N–H and O–H groups in total. The van der Waals surface area contributed by atoms with Crippen molar-refractivity contribution in [3.63, 3.8) is 0 Å². The molecule has 1 atom stereocenters.